The zero-order valence-electron chi connectivity index (χ0n) is 58.6. The van der Waals surface area contributed by atoms with E-state index in [2.05, 4.69) is 266 Å². The molecule has 8 bridgehead atoms. The summed E-state index contributed by atoms with van der Waals surface area (Å²) in [4.78, 5) is 9.64. The summed E-state index contributed by atoms with van der Waals surface area (Å²) in [6.45, 7) is 35.0. The zero-order valence-corrected chi connectivity index (χ0v) is 58.6. The Morgan fingerprint density at radius 1 is 0.415 bits per heavy atom. The molecule has 0 fully saturated rings. The summed E-state index contributed by atoms with van der Waals surface area (Å²) in [6, 6.07) is 60.7. The summed E-state index contributed by atoms with van der Waals surface area (Å²) in [5.74, 6) is 2.22. The van der Waals surface area contributed by atoms with Crippen LogP contribution in [0.1, 0.15) is 136 Å². The molecule has 1 aliphatic rings. The average molecular weight is 1270 g/mol. The highest BCUT2D eigenvalue weighted by Gasteiger charge is 2.38. The van der Waals surface area contributed by atoms with Gasteiger partial charge in [-0.25, -0.2) is 0 Å². The summed E-state index contributed by atoms with van der Waals surface area (Å²) in [7, 11) is 3.37. The second kappa shape index (κ2) is 31.5. The van der Waals surface area contributed by atoms with Gasteiger partial charge >= 0.3 is 0 Å². The zero-order chi connectivity index (χ0) is 67.2. The van der Waals surface area contributed by atoms with Crippen LogP contribution in [0, 0.1) is 13.8 Å². The third-order valence-corrected chi connectivity index (χ3v) is 19.1. The molecule has 0 atom stereocenters. The van der Waals surface area contributed by atoms with Crippen molar-refractivity contribution in [2.75, 3.05) is 113 Å². The molecule has 0 aromatic heterocycles. The number of benzene rings is 8. The van der Waals surface area contributed by atoms with Crippen molar-refractivity contribution in [1.29, 1.82) is 0 Å². The maximum Gasteiger partial charge on any atom is 0.128 e. The van der Waals surface area contributed by atoms with Gasteiger partial charge in [0, 0.05) is 144 Å². The lowest BCUT2D eigenvalue weighted by molar-refractivity contribution is 0.0539. The SMILES string of the molecule is CCN(Cc1cc2cc(c1O)C(C)(C)CN(c1ccccc1)Cc1cc(cc(C)c1OCCOCCOC)C(C)(C)c1cc(C)c(O)c(c1)CN(c1ccccc1)CC(C)(C)c1cc(cc(CN(CC)c3ccccc3)c1OCCOCCOC)C2(C)C)c1ccccc1. The van der Waals surface area contributed by atoms with Gasteiger partial charge < -0.3 is 58.2 Å². The number of phenolic OH excluding ortho intramolecular Hbond substituents is 2. The van der Waals surface area contributed by atoms with Crippen molar-refractivity contribution in [2.45, 2.75) is 131 Å². The minimum Gasteiger partial charge on any atom is -0.507 e. The van der Waals surface area contributed by atoms with Gasteiger partial charge in [-0.1, -0.05) is 152 Å². The maximum absolute atomic E-state index is 13.3. The van der Waals surface area contributed by atoms with Crippen LogP contribution < -0.4 is 29.1 Å². The summed E-state index contributed by atoms with van der Waals surface area (Å²) < 4.78 is 36.9. The Kier molecular flexibility index (Phi) is 23.6. The number of aryl methyl sites for hydroxylation is 2. The molecule has 0 saturated heterocycles. The van der Waals surface area contributed by atoms with Gasteiger partial charge in [0.1, 0.15) is 36.2 Å². The van der Waals surface area contributed by atoms with E-state index in [0.717, 1.165) is 114 Å². The molecule has 1 aliphatic heterocycles. The van der Waals surface area contributed by atoms with E-state index in [1.54, 1.807) is 14.2 Å². The van der Waals surface area contributed by atoms with Crippen molar-refractivity contribution >= 4 is 22.7 Å². The molecular formula is C82H104N4O8. The molecule has 0 amide bonds. The van der Waals surface area contributed by atoms with Crippen LogP contribution in [-0.2, 0) is 66.8 Å². The van der Waals surface area contributed by atoms with E-state index in [1.807, 2.05) is 6.92 Å². The van der Waals surface area contributed by atoms with Gasteiger partial charge in [-0.2, -0.15) is 0 Å². The average Bonchev–Trinajstić information content (AvgIpc) is 0.622. The number of anilines is 4. The number of para-hydroxylation sites is 4. The summed E-state index contributed by atoms with van der Waals surface area (Å²) >= 11 is 0. The number of phenols is 2. The van der Waals surface area contributed by atoms with Crippen molar-refractivity contribution in [2.24, 2.45) is 0 Å². The fourth-order valence-electron chi connectivity index (χ4n) is 13.4. The number of nitrogens with zero attached hydrogens (tertiary/aromatic N) is 4. The van der Waals surface area contributed by atoms with Gasteiger partial charge in [-0.3, -0.25) is 0 Å². The number of ether oxygens (including phenoxy) is 6. The lowest BCUT2D eigenvalue weighted by atomic mass is 9.71. The van der Waals surface area contributed by atoms with Crippen LogP contribution in [-0.4, -0.2) is 103 Å². The highest BCUT2D eigenvalue weighted by atomic mass is 16.5. The van der Waals surface area contributed by atoms with Crippen molar-refractivity contribution < 1.29 is 38.6 Å². The Hall–Kier alpha value is -8.00. The Balaban J connectivity index is 1.34. The van der Waals surface area contributed by atoms with E-state index in [-0.39, 0.29) is 5.75 Å². The first kappa shape index (κ1) is 70.3. The predicted octanol–water partition coefficient (Wildman–Crippen LogP) is 16.8. The third kappa shape index (κ3) is 16.7. The number of hydrogen-bond donors (Lipinski definition) is 2. The van der Waals surface area contributed by atoms with Crippen LogP contribution >= 0.6 is 0 Å². The Bertz CT molecular complexity index is 3720. The van der Waals surface area contributed by atoms with Crippen LogP contribution in [0.25, 0.3) is 0 Å². The lowest BCUT2D eigenvalue weighted by Gasteiger charge is -2.39. The second-order valence-corrected chi connectivity index (χ2v) is 27.6. The molecule has 12 nitrogen and oxygen atoms in total. The largest absolute Gasteiger partial charge is 0.507 e. The highest BCUT2D eigenvalue weighted by Crippen LogP contribution is 2.47. The molecular weight excluding hydrogens is 1170 g/mol. The Morgan fingerprint density at radius 3 is 1.30 bits per heavy atom. The molecule has 9 rings (SSSR count). The minimum atomic E-state index is -0.663. The lowest BCUT2D eigenvalue weighted by Crippen LogP contribution is -2.38. The first-order chi connectivity index (χ1) is 45.1. The quantitative estimate of drug-likeness (QED) is 0.0562. The standard InChI is InChI=1S/C82H104N4O8/c1-15-83(69-29-21-17-22-30-69)53-62-48-67-51-73(76(62)88)79(5,6)57-86(72-35-27-20-28-36-72)56-63-49-66(46-60(4)77(63)93-43-41-91-39-37-89-13)81(9,10)65-45-59(3)75(87)61(47-65)54-85(71-33-25-19-26-34-71)58-80(7,8)74-52-68(82(67,11)12)50-64(78(74)94-44-42-92-40-38-90-14)55-84(16-2)70-31-23-18-24-32-70/h17-36,45-52,87-88H,15-16,37-44,53-58H2,1-14H3. The van der Waals surface area contributed by atoms with Crippen molar-refractivity contribution in [3.05, 3.63) is 237 Å². The first-order valence-corrected chi connectivity index (χ1v) is 33.7. The molecule has 1 heterocycles. The van der Waals surface area contributed by atoms with E-state index >= 15 is 0 Å². The topological polar surface area (TPSA) is 109 Å². The molecule has 94 heavy (non-hydrogen) atoms. The van der Waals surface area contributed by atoms with Crippen LogP contribution in [0.15, 0.2) is 170 Å². The van der Waals surface area contributed by atoms with Crippen LogP contribution in [0.2, 0.25) is 0 Å². The maximum atomic E-state index is 13.3. The van der Waals surface area contributed by atoms with Crippen LogP contribution in [0.5, 0.6) is 23.0 Å². The van der Waals surface area contributed by atoms with Gasteiger partial charge in [0.2, 0.25) is 0 Å². The second-order valence-electron chi connectivity index (χ2n) is 27.6. The normalized spacial score (nSPS) is 15.2. The van der Waals surface area contributed by atoms with Gasteiger partial charge in [0.05, 0.1) is 39.6 Å². The molecule has 8 aromatic carbocycles. The molecule has 0 spiro atoms. The molecule has 0 saturated carbocycles. The minimum absolute atomic E-state index is 0.282. The number of methoxy groups -OCH3 is 2. The van der Waals surface area contributed by atoms with E-state index < -0.39 is 21.7 Å². The Morgan fingerprint density at radius 2 is 0.809 bits per heavy atom. The van der Waals surface area contributed by atoms with Crippen molar-refractivity contribution in [3.63, 3.8) is 0 Å². The molecule has 0 radical (unpaired) electrons. The van der Waals surface area contributed by atoms with E-state index in [4.69, 9.17) is 28.4 Å². The molecule has 12 heteroatoms. The molecule has 8 aromatic rings. The molecule has 500 valence electrons. The molecule has 2 N–H and O–H groups in total. The molecule has 0 unspecified atom stereocenters. The third-order valence-electron chi connectivity index (χ3n) is 19.1. The summed E-state index contributed by atoms with van der Waals surface area (Å²) in [5.41, 5.74) is 13.7. The number of hydrogen-bond acceptors (Lipinski definition) is 12. The fourth-order valence-corrected chi connectivity index (χ4v) is 13.4. The smallest absolute Gasteiger partial charge is 0.128 e. The van der Waals surface area contributed by atoms with Crippen LogP contribution in [0.3, 0.4) is 0 Å². The first-order valence-electron chi connectivity index (χ1n) is 33.7. The fraction of sp³-hybridized carbons (Fsp3) is 0.415. The van der Waals surface area contributed by atoms with Gasteiger partial charge in [0.25, 0.3) is 0 Å². The van der Waals surface area contributed by atoms with Gasteiger partial charge in [-0.15, -0.1) is 0 Å². The van der Waals surface area contributed by atoms with Gasteiger partial charge in [0.15, 0.2) is 0 Å². The van der Waals surface area contributed by atoms with E-state index in [1.165, 1.54) is 0 Å². The predicted molar refractivity (Wildman–Crippen MR) is 387 cm³/mol. The van der Waals surface area contributed by atoms with Crippen molar-refractivity contribution in [3.8, 4) is 23.0 Å². The molecule has 0 aliphatic carbocycles. The van der Waals surface area contributed by atoms with E-state index in [9.17, 15) is 10.2 Å². The number of aromatic hydroxyl groups is 2. The monoisotopic (exact) mass is 1270 g/mol. The number of fused-ring (bicyclic) bond motifs is 8. The number of rotatable bonds is 24. The van der Waals surface area contributed by atoms with E-state index in [0.29, 0.717) is 97.9 Å². The Labute approximate surface area is 562 Å². The van der Waals surface area contributed by atoms with Crippen LogP contribution in [0.4, 0.5) is 22.7 Å². The summed E-state index contributed by atoms with van der Waals surface area (Å²) in [5, 5.41) is 25.8. The highest BCUT2D eigenvalue weighted by molar-refractivity contribution is 5.62. The van der Waals surface area contributed by atoms with Crippen molar-refractivity contribution in [1.82, 2.24) is 0 Å². The summed E-state index contributed by atoms with van der Waals surface area (Å²) in [6.07, 6.45) is 0. The van der Waals surface area contributed by atoms with Gasteiger partial charge in [-0.05, 0) is 134 Å².